The average Bonchev–Trinajstić information content (AvgIpc) is 2.95. The van der Waals surface area contributed by atoms with Crippen molar-refractivity contribution in [3.05, 3.63) is 88.4 Å². The maximum absolute atomic E-state index is 14.1. The highest BCUT2D eigenvalue weighted by Crippen LogP contribution is 2.35. The van der Waals surface area contributed by atoms with Crippen LogP contribution in [0.1, 0.15) is 43.9 Å². The number of nitrogens with one attached hydrogen (secondary N) is 1. The molecule has 0 bridgehead atoms. The largest absolute Gasteiger partial charge is 0.495 e. The van der Waals surface area contributed by atoms with Gasteiger partial charge < -0.3 is 15.0 Å². The smallest absolute Gasteiger partial charge is 0.264 e. The Labute approximate surface area is 248 Å². The summed E-state index contributed by atoms with van der Waals surface area (Å²) in [5.74, 6) is -0.659. The van der Waals surface area contributed by atoms with Crippen LogP contribution in [-0.4, -0.2) is 50.9 Å². The summed E-state index contributed by atoms with van der Waals surface area (Å²) in [5.41, 5.74) is 2.86. The highest BCUT2D eigenvalue weighted by molar-refractivity contribution is 7.92. The van der Waals surface area contributed by atoms with Crippen LogP contribution in [0.2, 0.25) is 5.02 Å². The molecule has 0 aliphatic carbocycles. The first kappa shape index (κ1) is 32.0. The van der Waals surface area contributed by atoms with Crippen LogP contribution in [-0.2, 0) is 26.2 Å². The summed E-state index contributed by atoms with van der Waals surface area (Å²) in [6.45, 7) is 8.82. The fourth-order valence-electron chi connectivity index (χ4n) is 4.15. The Morgan fingerprint density at radius 2 is 1.54 bits per heavy atom. The summed E-state index contributed by atoms with van der Waals surface area (Å²) in [5, 5.41) is 3.20. The Kier molecular flexibility index (Phi) is 10.8. The number of rotatable bonds is 12. The van der Waals surface area contributed by atoms with Crippen molar-refractivity contribution >= 4 is 39.1 Å². The first-order valence-electron chi connectivity index (χ1n) is 13.5. The van der Waals surface area contributed by atoms with Gasteiger partial charge in [-0.25, -0.2) is 8.42 Å². The normalized spacial score (nSPS) is 12.8. The number of carbonyl (C=O) groups is 2. The average molecular weight is 600 g/mol. The molecule has 3 aromatic carbocycles. The molecule has 0 fully saturated rings. The SMILES string of the molecule is CC[C@H](C)NC(=O)[C@@H](C)N(Cc1ccc(C)cc1)C(=O)CN(c1cc(Cl)ccc1OC)S(=O)(=O)c1ccc(C)cc1. The fraction of sp³-hybridized carbons (Fsp3) is 0.355. The second-order valence-electron chi connectivity index (χ2n) is 10.1. The van der Waals surface area contributed by atoms with Gasteiger partial charge in [-0.2, -0.15) is 0 Å². The van der Waals surface area contributed by atoms with E-state index in [1.165, 1.54) is 30.2 Å². The van der Waals surface area contributed by atoms with Crippen molar-refractivity contribution in [1.82, 2.24) is 10.2 Å². The predicted molar refractivity (Wildman–Crippen MR) is 163 cm³/mol. The van der Waals surface area contributed by atoms with E-state index in [-0.39, 0.29) is 39.8 Å². The van der Waals surface area contributed by atoms with Crippen LogP contribution in [0.3, 0.4) is 0 Å². The zero-order chi connectivity index (χ0) is 30.3. The lowest BCUT2D eigenvalue weighted by molar-refractivity contribution is -0.139. The fourth-order valence-corrected chi connectivity index (χ4v) is 5.73. The van der Waals surface area contributed by atoms with Gasteiger partial charge in [0, 0.05) is 17.6 Å². The summed E-state index contributed by atoms with van der Waals surface area (Å²) in [7, 11) is -2.84. The predicted octanol–water partition coefficient (Wildman–Crippen LogP) is 5.49. The molecule has 41 heavy (non-hydrogen) atoms. The molecule has 0 aliphatic rings. The molecular weight excluding hydrogens is 562 g/mol. The third kappa shape index (κ3) is 8.01. The third-order valence-corrected chi connectivity index (χ3v) is 8.95. The van der Waals surface area contributed by atoms with Gasteiger partial charge in [0.2, 0.25) is 11.8 Å². The van der Waals surface area contributed by atoms with Crippen LogP contribution >= 0.6 is 11.6 Å². The summed E-state index contributed by atoms with van der Waals surface area (Å²) >= 11 is 6.28. The molecule has 0 saturated carbocycles. The van der Waals surface area contributed by atoms with E-state index in [4.69, 9.17) is 16.3 Å². The van der Waals surface area contributed by atoms with Gasteiger partial charge in [0.25, 0.3) is 10.0 Å². The molecule has 0 aliphatic heterocycles. The quantitative estimate of drug-likeness (QED) is 0.297. The number of carbonyl (C=O) groups excluding carboxylic acids is 2. The number of halogens is 1. The number of amides is 2. The van der Waals surface area contributed by atoms with E-state index in [1.807, 2.05) is 52.0 Å². The molecule has 0 spiro atoms. The lowest BCUT2D eigenvalue weighted by atomic mass is 10.1. The van der Waals surface area contributed by atoms with Gasteiger partial charge in [-0.3, -0.25) is 13.9 Å². The number of ether oxygens (including phenoxy) is 1. The molecule has 2 atom stereocenters. The van der Waals surface area contributed by atoms with Crippen molar-refractivity contribution in [3.8, 4) is 5.75 Å². The van der Waals surface area contributed by atoms with Crippen LogP contribution in [0.25, 0.3) is 0 Å². The number of hydrogen-bond donors (Lipinski definition) is 1. The Hall–Kier alpha value is -3.56. The van der Waals surface area contributed by atoms with E-state index in [2.05, 4.69) is 5.32 Å². The van der Waals surface area contributed by atoms with Crippen molar-refractivity contribution in [2.24, 2.45) is 0 Å². The first-order valence-corrected chi connectivity index (χ1v) is 15.3. The standard InChI is InChI=1S/C31H38ClN3O5S/c1-7-23(4)33-31(37)24(5)34(19-25-12-8-21(2)9-13-25)30(36)20-35(28-18-26(32)14-17-29(28)40-6)41(38,39)27-15-10-22(3)11-16-27/h8-18,23-24H,7,19-20H2,1-6H3,(H,33,37)/t23-,24+/m0/s1. The molecule has 0 unspecified atom stereocenters. The van der Waals surface area contributed by atoms with Crippen LogP contribution in [0, 0.1) is 13.8 Å². The number of methoxy groups -OCH3 is 1. The number of hydrogen-bond acceptors (Lipinski definition) is 5. The molecular formula is C31H38ClN3O5S. The maximum atomic E-state index is 14.1. The second-order valence-corrected chi connectivity index (χ2v) is 12.4. The molecule has 2 amide bonds. The lowest BCUT2D eigenvalue weighted by Gasteiger charge is -2.33. The van der Waals surface area contributed by atoms with E-state index in [0.29, 0.717) is 0 Å². The minimum Gasteiger partial charge on any atom is -0.495 e. The molecule has 8 nitrogen and oxygen atoms in total. The van der Waals surface area contributed by atoms with Gasteiger partial charge in [-0.05, 0) is 70.0 Å². The van der Waals surface area contributed by atoms with E-state index >= 15 is 0 Å². The molecule has 10 heteroatoms. The van der Waals surface area contributed by atoms with E-state index in [1.54, 1.807) is 31.2 Å². The Morgan fingerprint density at radius 1 is 0.951 bits per heavy atom. The van der Waals surface area contributed by atoms with Gasteiger partial charge in [0.15, 0.2) is 0 Å². The molecule has 1 N–H and O–H groups in total. The van der Waals surface area contributed by atoms with Crippen molar-refractivity contribution in [2.75, 3.05) is 18.0 Å². The third-order valence-electron chi connectivity index (χ3n) is 6.94. The highest BCUT2D eigenvalue weighted by atomic mass is 35.5. The van der Waals surface area contributed by atoms with Crippen molar-refractivity contribution in [1.29, 1.82) is 0 Å². The van der Waals surface area contributed by atoms with Crippen LogP contribution < -0.4 is 14.4 Å². The molecule has 0 radical (unpaired) electrons. The first-order chi connectivity index (χ1) is 19.4. The number of benzene rings is 3. The minimum atomic E-state index is -4.25. The number of sulfonamides is 1. The van der Waals surface area contributed by atoms with Gasteiger partial charge in [-0.15, -0.1) is 0 Å². The van der Waals surface area contributed by atoms with Gasteiger partial charge in [0.05, 0.1) is 17.7 Å². The molecule has 0 aromatic heterocycles. The van der Waals surface area contributed by atoms with Gasteiger partial charge >= 0.3 is 0 Å². The zero-order valence-electron chi connectivity index (χ0n) is 24.3. The number of aryl methyl sites for hydroxylation is 2. The Bertz CT molecular complexity index is 1460. The number of anilines is 1. The van der Waals surface area contributed by atoms with Crippen molar-refractivity contribution < 1.29 is 22.7 Å². The zero-order valence-corrected chi connectivity index (χ0v) is 25.9. The highest BCUT2D eigenvalue weighted by Gasteiger charge is 2.34. The van der Waals surface area contributed by atoms with Crippen molar-refractivity contribution in [3.63, 3.8) is 0 Å². The van der Waals surface area contributed by atoms with Crippen molar-refractivity contribution in [2.45, 2.75) is 64.6 Å². The van der Waals surface area contributed by atoms with E-state index < -0.39 is 28.5 Å². The van der Waals surface area contributed by atoms with Crippen LogP contribution in [0.15, 0.2) is 71.6 Å². The molecule has 3 rings (SSSR count). The lowest BCUT2D eigenvalue weighted by Crippen LogP contribution is -2.52. The summed E-state index contributed by atoms with van der Waals surface area (Å²) in [6.07, 6.45) is 0.724. The maximum Gasteiger partial charge on any atom is 0.264 e. The summed E-state index contributed by atoms with van der Waals surface area (Å²) in [6, 6.07) is 17.6. The monoisotopic (exact) mass is 599 g/mol. The van der Waals surface area contributed by atoms with E-state index in [0.717, 1.165) is 27.4 Å². The van der Waals surface area contributed by atoms with Crippen LogP contribution in [0.5, 0.6) is 5.75 Å². The summed E-state index contributed by atoms with van der Waals surface area (Å²) in [4.78, 5) is 28.7. The Morgan fingerprint density at radius 3 is 2.10 bits per heavy atom. The minimum absolute atomic E-state index is 0.00516. The summed E-state index contributed by atoms with van der Waals surface area (Å²) < 4.78 is 34.5. The topological polar surface area (TPSA) is 96.0 Å². The van der Waals surface area contributed by atoms with E-state index in [9.17, 15) is 18.0 Å². The Balaban J connectivity index is 2.09. The van der Waals surface area contributed by atoms with Gasteiger partial charge in [-0.1, -0.05) is 66.0 Å². The van der Waals surface area contributed by atoms with Crippen LogP contribution in [0.4, 0.5) is 5.69 Å². The van der Waals surface area contributed by atoms with Gasteiger partial charge in [0.1, 0.15) is 18.3 Å². The number of nitrogens with zero attached hydrogens (tertiary/aromatic N) is 2. The molecule has 0 heterocycles. The second kappa shape index (κ2) is 13.9. The molecule has 220 valence electrons. The molecule has 0 saturated heterocycles. The molecule has 3 aromatic rings.